The number of aryl methyl sites for hydroxylation is 1. The molecule has 0 atom stereocenters. The van der Waals surface area contributed by atoms with Crippen LogP contribution < -0.4 is 5.73 Å². The minimum Gasteiger partial charge on any atom is -0.334 e. The molecular weight excluding hydrogens is 231 g/mol. The van der Waals surface area contributed by atoms with Crippen LogP contribution >= 0.6 is 0 Å². The zero-order valence-electron chi connectivity index (χ0n) is 10.7. The van der Waals surface area contributed by atoms with Crippen LogP contribution in [0.4, 0.5) is 4.39 Å². The monoisotopic (exact) mass is 250 g/mol. The van der Waals surface area contributed by atoms with Crippen molar-refractivity contribution >= 4 is 5.91 Å². The summed E-state index contributed by atoms with van der Waals surface area (Å²) in [6.45, 7) is 2.79. The maximum atomic E-state index is 13.1. The molecule has 1 aliphatic carbocycles. The zero-order valence-corrected chi connectivity index (χ0v) is 10.7. The smallest absolute Gasteiger partial charge is 0.254 e. The summed E-state index contributed by atoms with van der Waals surface area (Å²) in [4.78, 5) is 14.3. The third-order valence-electron chi connectivity index (χ3n) is 3.57. The Labute approximate surface area is 107 Å². The number of hydrogen-bond acceptors (Lipinski definition) is 2. The molecule has 0 spiro atoms. The van der Waals surface area contributed by atoms with Gasteiger partial charge in [-0.05, 0) is 49.9 Å². The van der Waals surface area contributed by atoms with Crippen molar-refractivity contribution in [3.63, 3.8) is 0 Å². The van der Waals surface area contributed by atoms with Crippen molar-refractivity contribution < 1.29 is 9.18 Å². The van der Waals surface area contributed by atoms with E-state index in [1.807, 2.05) is 4.90 Å². The molecule has 2 N–H and O–H groups in total. The van der Waals surface area contributed by atoms with Crippen LogP contribution in [-0.2, 0) is 0 Å². The fourth-order valence-corrected chi connectivity index (χ4v) is 2.31. The minimum absolute atomic E-state index is 0.0253. The Morgan fingerprint density at radius 3 is 2.72 bits per heavy atom. The van der Waals surface area contributed by atoms with E-state index in [-0.39, 0.29) is 11.7 Å². The van der Waals surface area contributed by atoms with Crippen molar-refractivity contribution in [1.82, 2.24) is 4.90 Å². The van der Waals surface area contributed by atoms with Crippen LogP contribution in [0.3, 0.4) is 0 Å². The maximum absolute atomic E-state index is 13.1. The molecule has 0 aromatic heterocycles. The average molecular weight is 250 g/mol. The van der Waals surface area contributed by atoms with Crippen LogP contribution in [0.1, 0.15) is 35.2 Å². The molecule has 1 amide bonds. The highest BCUT2D eigenvalue weighted by molar-refractivity contribution is 5.95. The second-order valence-corrected chi connectivity index (χ2v) is 4.83. The minimum atomic E-state index is -0.307. The summed E-state index contributed by atoms with van der Waals surface area (Å²) in [7, 11) is 0. The fraction of sp³-hybridized carbons (Fsp3) is 0.500. The lowest BCUT2D eigenvalue weighted by molar-refractivity contribution is 0.0588. The van der Waals surface area contributed by atoms with Gasteiger partial charge in [-0.2, -0.15) is 0 Å². The van der Waals surface area contributed by atoms with E-state index < -0.39 is 0 Å². The van der Waals surface area contributed by atoms with E-state index in [1.165, 1.54) is 18.6 Å². The maximum Gasteiger partial charge on any atom is 0.254 e. The molecule has 0 bridgehead atoms. The highest BCUT2D eigenvalue weighted by Gasteiger charge is 2.29. The molecule has 0 saturated heterocycles. The van der Waals surface area contributed by atoms with E-state index in [9.17, 15) is 9.18 Å². The van der Waals surface area contributed by atoms with E-state index in [0.29, 0.717) is 30.3 Å². The summed E-state index contributed by atoms with van der Waals surface area (Å²) in [6.07, 6.45) is 3.26. The van der Waals surface area contributed by atoms with E-state index in [2.05, 4.69) is 0 Å². The third kappa shape index (κ3) is 2.53. The van der Waals surface area contributed by atoms with Crippen molar-refractivity contribution in [2.75, 3.05) is 13.1 Å². The van der Waals surface area contributed by atoms with Crippen LogP contribution in [0.15, 0.2) is 18.2 Å². The molecule has 1 aromatic rings. The van der Waals surface area contributed by atoms with Gasteiger partial charge in [0.1, 0.15) is 5.82 Å². The lowest BCUT2D eigenvalue weighted by Gasteiger charge is -2.37. The zero-order chi connectivity index (χ0) is 13.1. The predicted molar refractivity (Wildman–Crippen MR) is 68.9 cm³/mol. The Hall–Kier alpha value is -1.42. The normalized spacial score (nSPS) is 15.3. The van der Waals surface area contributed by atoms with E-state index in [0.717, 1.165) is 12.8 Å². The summed E-state index contributed by atoms with van der Waals surface area (Å²) in [5.74, 6) is -0.333. The molecule has 1 fully saturated rings. The highest BCUT2D eigenvalue weighted by atomic mass is 19.1. The van der Waals surface area contributed by atoms with Gasteiger partial charge >= 0.3 is 0 Å². The summed E-state index contributed by atoms with van der Waals surface area (Å²) in [5, 5.41) is 0. The molecular formula is C14H19FN2O. The van der Waals surface area contributed by atoms with Crippen molar-refractivity contribution in [2.24, 2.45) is 5.73 Å². The van der Waals surface area contributed by atoms with Crippen LogP contribution in [0, 0.1) is 12.7 Å². The molecule has 98 valence electrons. The van der Waals surface area contributed by atoms with Gasteiger partial charge in [0, 0.05) is 24.7 Å². The first-order valence-corrected chi connectivity index (χ1v) is 6.40. The Bertz CT molecular complexity index is 443. The predicted octanol–water partition coefficient (Wildman–Crippen LogP) is 2.09. The second kappa shape index (κ2) is 5.48. The van der Waals surface area contributed by atoms with Gasteiger partial charge in [-0.3, -0.25) is 4.79 Å². The first kappa shape index (κ1) is 13.0. The number of carbonyl (C=O) groups excluding carboxylic acids is 1. The fourth-order valence-electron chi connectivity index (χ4n) is 2.31. The van der Waals surface area contributed by atoms with Crippen LogP contribution in [0.2, 0.25) is 0 Å². The topological polar surface area (TPSA) is 46.3 Å². The quantitative estimate of drug-likeness (QED) is 0.889. The first-order chi connectivity index (χ1) is 8.63. The van der Waals surface area contributed by atoms with Gasteiger partial charge in [0.15, 0.2) is 0 Å². The van der Waals surface area contributed by atoms with E-state index >= 15 is 0 Å². The van der Waals surface area contributed by atoms with Crippen molar-refractivity contribution in [2.45, 2.75) is 32.2 Å². The summed E-state index contributed by atoms with van der Waals surface area (Å²) >= 11 is 0. The van der Waals surface area contributed by atoms with Gasteiger partial charge in [0.2, 0.25) is 0 Å². The van der Waals surface area contributed by atoms with Crippen molar-refractivity contribution in [3.8, 4) is 0 Å². The molecule has 18 heavy (non-hydrogen) atoms. The number of nitrogens with zero attached hydrogens (tertiary/aromatic N) is 1. The Balaban J connectivity index is 2.21. The molecule has 1 aliphatic rings. The molecule has 0 aliphatic heterocycles. The number of halogens is 1. The number of hydrogen-bond donors (Lipinski definition) is 1. The Morgan fingerprint density at radius 2 is 2.22 bits per heavy atom. The highest BCUT2D eigenvalue weighted by Crippen LogP contribution is 2.26. The third-order valence-corrected chi connectivity index (χ3v) is 3.57. The van der Waals surface area contributed by atoms with Gasteiger partial charge in [-0.25, -0.2) is 4.39 Å². The van der Waals surface area contributed by atoms with E-state index in [4.69, 9.17) is 5.73 Å². The van der Waals surface area contributed by atoms with Crippen LogP contribution in [0.25, 0.3) is 0 Å². The average Bonchev–Trinajstić information content (AvgIpc) is 2.25. The molecule has 1 saturated carbocycles. The Kier molecular flexibility index (Phi) is 3.97. The van der Waals surface area contributed by atoms with Gasteiger partial charge in [-0.1, -0.05) is 0 Å². The molecule has 0 radical (unpaired) electrons. The molecule has 4 heteroatoms. The SMILES string of the molecule is Cc1cc(F)ccc1C(=O)N(CCN)C1CCC1. The lowest BCUT2D eigenvalue weighted by atomic mass is 9.90. The standard InChI is InChI=1S/C14H19FN2O/c1-10-9-11(15)5-6-13(10)14(18)17(8-7-16)12-3-2-4-12/h5-6,9,12H,2-4,7-8,16H2,1H3. The largest absolute Gasteiger partial charge is 0.334 e. The summed E-state index contributed by atoms with van der Waals surface area (Å²) in [5.41, 5.74) is 6.83. The number of nitrogens with two attached hydrogens (primary N) is 1. The Morgan fingerprint density at radius 1 is 1.50 bits per heavy atom. The lowest BCUT2D eigenvalue weighted by Crippen LogP contribution is -2.46. The number of amides is 1. The first-order valence-electron chi connectivity index (χ1n) is 6.40. The molecule has 1 aromatic carbocycles. The summed E-state index contributed by atoms with van der Waals surface area (Å²) in [6, 6.07) is 4.61. The van der Waals surface area contributed by atoms with Gasteiger partial charge in [-0.15, -0.1) is 0 Å². The number of benzene rings is 1. The second-order valence-electron chi connectivity index (χ2n) is 4.83. The summed E-state index contributed by atoms with van der Waals surface area (Å²) < 4.78 is 13.1. The molecule has 0 unspecified atom stereocenters. The van der Waals surface area contributed by atoms with E-state index in [1.54, 1.807) is 13.0 Å². The van der Waals surface area contributed by atoms with Gasteiger partial charge in [0.25, 0.3) is 5.91 Å². The molecule has 3 nitrogen and oxygen atoms in total. The van der Waals surface area contributed by atoms with Crippen LogP contribution in [0.5, 0.6) is 0 Å². The number of carbonyl (C=O) groups is 1. The number of rotatable bonds is 4. The van der Waals surface area contributed by atoms with Gasteiger partial charge < -0.3 is 10.6 Å². The van der Waals surface area contributed by atoms with Crippen molar-refractivity contribution in [1.29, 1.82) is 0 Å². The van der Waals surface area contributed by atoms with Crippen LogP contribution in [-0.4, -0.2) is 29.9 Å². The van der Waals surface area contributed by atoms with Gasteiger partial charge in [0.05, 0.1) is 0 Å². The molecule has 0 heterocycles. The molecule has 2 rings (SSSR count). The van der Waals surface area contributed by atoms with Crippen molar-refractivity contribution in [3.05, 3.63) is 35.1 Å².